The van der Waals surface area contributed by atoms with Gasteiger partial charge in [0.05, 0.1) is 0 Å². The Labute approximate surface area is 116 Å². The second-order valence-electron chi connectivity index (χ2n) is 5.98. The van der Waals surface area contributed by atoms with Crippen LogP contribution in [0.2, 0.25) is 0 Å². The Morgan fingerprint density at radius 3 is 2.37 bits per heavy atom. The number of rotatable bonds is 5. The third-order valence-electron chi connectivity index (χ3n) is 4.31. The molecule has 0 radical (unpaired) electrons. The SMILES string of the molecule is CC(C)CC(NN)C1(c2ccccc2)CCOCC1. The van der Waals surface area contributed by atoms with Crippen molar-refractivity contribution < 1.29 is 4.74 Å². The van der Waals surface area contributed by atoms with Crippen molar-refractivity contribution in [3.63, 3.8) is 0 Å². The van der Waals surface area contributed by atoms with Crippen LogP contribution in [-0.4, -0.2) is 19.3 Å². The van der Waals surface area contributed by atoms with Crippen molar-refractivity contribution >= 4 is 0 Å². The van der Waals surface area contributed by atoms with Crippen molar-refractivity contribution in [1.29, 1.82) is 0 Å². The van der Waals surface area contributed by atoms with Crippen LogP contribution < -0.4 is 11.3 Å². The summed E-state index contributed by atoms with van der Waals surface area (Å²) >= 11 is 0. The minimum absolute atomic E-state index is 0.110. The molecule has 0 saturated carbocycles. The molecule has 1 aliphatic heterocycles. The van der Waals surface area contributed by atoms with Gasteiger partial charge in [0.25, 0.3) is 0 Å². The van der Waals surface area contributed by atoms with Crippen LogP contribution in [-0.2, 0) is 10.2 Å². The third-order valence-corrected chi connectivity index (χ3v) is 4.31. The first-order chi connectivity index (χ1) is 9.19. The van der Waals surface area contributed by atoms with E-state index in [9.17, 15) is 0 Å². The minimum Gasteiger partial charge on any atom is -0.381 e. The summed E-state index contributed by atoms with van der Waals surface area (Å²) in [6.45, 7) is 6.15. The van der Waals surface area contributed by atoms with E-state index in [4.69, 9.17) is 10.6 Å². The summed E-state index contributed by atoms with van der Waals surface area (Å²) in [6.07, 6.45) is 3.17. The van der Waals surface area contributed by atoms with Gasteiger partial charge >= 0.3 is 0 Å². The van der Waals surface area contributed by atoms with Gasteiger partial charge in [0.15, 0.2) is 0 Å². The smallest absolute Gasteiger partial charge is 0.0475 e. The molecule has 0 amide bonds. The average Bonchev–Trinajstić information content (AvgIpc) is 2.46. The average molecular weight is 262 g/mol. The van der Waals surface area contributed by atoms with Gasteiger partial charge in [-0.15, -0.1) is 0 Å². The normalized spacial score (nSPS) is 20.4. The molecular weight excluding hydrogens is 236 g/mol. The lowest BCUT2D eigenvalue weighted by Crippen LogP contribution is -2.54. The molecule has 1 atom stereocenters. The van der Waals surface area contributed by atoms with Crippen molar-refractivity contribution in [1.82, 2.24) is 5.43 Å². The van der Waals surface area contributed by atoms with Crippen LogP contribution in [0.4, 0.5) is 0 Å². The summed E-state index contributed by atoms with van der Waals surface area (Å²) in [6, 6.07) is 11.1. The Kier molecular flexibility index (Phi) is 4.97. The number of ether oxygens (including phenoxy) is 1. The molecule has 1 aromatic carbocycles. The summed E-state index contributed by atoms with van der Waals surface area (Å²) < 4.78 is 5.58. The topological polar surface area (TPSA) is 47.3 Å². The monoisotopic (exact) mass is 262 g/mol. The second kappa shape index (κ2) is 6.51. The standard InChI is InChI=1S/C16H26N2O/c1-13(2)12-15(18-17)16(8-10-19-11-9-16)14-6-4-3-5-7-14/h3-7,13,15,18H,8-12,17H2,1-2H3. The van der Waals surface area contributed by atoms with Crippen molar-refractivity contribution in [2.45, 2.75) is 44.6 Å². The van der Waals surface area contributed by atoms with Gasteiger partial charge in [0, 0.05) is 24.7 Å². The van der Waals surface area contributed by atoms with E-state index in [-0.39, 0.29) is 5.41 Å². The Bertz CT molecular complexity index is 372. The van der Waals surface area contributed by atoms with Gasteiger partial charge in [0.2, 0.25) is 0 Å². The predicted molar refractivity (Wildman–Crippen MR) is 78.7 cm³/mol. The van der Waals surface area contributed by atoms with Crippen LogP contribution in [0.1, 0.15) is 38.7 Å². The van der Waals surface area contributed by atoms with Crippen LogP contribution in [0.5, 0.6) is 0 Å². The van der Waals surface area contributed by atoms with Crippen LogP contribution in [0.3, 0.4) is 0 Å². The molecule has 1 aliphatic rings. The fourth-order valence-corrected chi connectivity index (χ4v) is 3.27. The molecular formula is C16H26N2O. The third kappa shape index (κ3) is 3.16. The summed E-state index contributed by atoms with van der Waals surface area (Å²) in [5, 5.41) is 0. The molecule has 19 heavy (non-hydrogen) atoms. The molecule has 2 rings (SSSR count). The molecule has 3 heteroatoms. The number of hydrogen-bond donors (Lipinski definition) is 2. The van der Waals surface area contributed by atoms with Gasteiger partial charge in [0.1, 0.15) is 0 Å². The molecule has 1 saturated heterocycles. The molecule has 0 aliphatic carbocycles. The Balaban J connectivity index is 2.33. The van der Waals surface area contributed by atoms with Crippen LogP contribution in [0, 0.1) is 5.92 Å². The van der Waals surface area contributed by atoms with E-state index in [0.717, 1.165) is 32.5 Å². The minimum atomic E-state index is 0.110. The predicted octanol–water partition coefficient (Wildman–Crippen LogP) is 2.61. The molecule has 3 N–H and O–H groups in total. The van der Waals surface area contributed by atoms with Gasteiger partial charge in [-0.05, 0) is 30.7 Å². The Hall–Kier alpha value is -0.900. The molecule has 0 spiro atoms. The van der Waals surface area contributed by atoms with E-state index in [1.807, 2.05) is 0 Å². The molecule has 0 aromatic heterocycles. The number of hydrazine groups is 1. The number of nitrogens with one attached hydrogen (secondary N) is 1. The molecule has 1 heterocycles. The van der Waals surface area contributed by atoms with Crippen molar-refractivity contribution in [2.75, 3.05) is 13.2 Å². The van der Waals surface area contributed by atoms with Crippen molar-refractivity contribution in [3.8, 4) is 0 Å². The van der Waals surface area contributed by atoms with Gasteiger partial charge in [-0.2, -0.15) is 0 Å². The summed E-state index contributed by atoms with van der Waals surface area (Å²) in [5.41, 5.74) is 4.59. The Morgan fingerprint density at radius 1 is 1.21 bits per heavy atom. The highest BCUT2D eigenvalue weighted by Crippen LogP contribution is 2.39. The maximum Gasteiger partial charge on any atom is 0.0475 e. The van der Waals surface area contributed by atoms with E-state index in [1.54, 1.807) is 0 Å². The van der Waals surface area contributed by atoms with E-state index in [0.29, 0.717) is 12.0 Å². The molecule has 106 valence electrons. The first kappa shape index (κ1) is 14.5. The molecule has 1 aromatic rings. The lowest BCUT2D eigenvalue weighted by Gasteiger charge is -2.44. The quantitative estimate of drug-likeness (QED) is 0.633. The first-order valence-electron chi connectivity index (χ1n) is 7.28. The maximum atomic E-state index is 5.88. The maximum absolute atomic E-state index is 5.88. The second-order valence-corrected chi connectivity index (χ2v) is 5.98. The van der Waals surface area contributed by atoms with Crippen molar-refractivity contribution in [2.24, 2.45) is 11.8 Å². The fourth-order valence-electron chi connectivity index (χ4n) is 3.27. The van der Waals surface area contributed by atoms with E-state index in [1.165, 1.54) is 5.56 Å². The summed E-state index contributed by atoms with van der Waals surface area (Å²) in [4.78, 5) is 0. The molecule has 0 bridgehead atoms. The van der Waals surface area contributed by atoms with Crippen molar-refractivity contribution in [3.05, 3.63) is 35.9 Å². The van der Waals surface area contributed by atoms with Crippen LogP contribution in [0.25, 0.3) is 0 Å². The van der Waals surface area contributed by atoms with E-state index < -0.39 is 0 Å². The zero-order valence-corrected chi connectivity index (χ0v) is 12.1. The van der Waals surface area contributed by atoms with E-state index in [2.05, 4.69) is 49.6 Å². The number of benzene rings is 1. The van der Waals surface area contributed by atoms with Gasteiger partial charge < -0.3 is 4.74 Å². The largest absolute Gasteiger partial charge is 0.381 e. The van der Waals surface area contributed by atoms with Crippen LogP contribution >= 0.6 is 0 Å². The van der Waals surface area contributed by atoms with Gasteiger partial charge in [-0.25, -0.2) is 0 Å². The highest BCUT2D eigenvalue weighted by Gasteiger charge is 2.41. The number of hydrogen-bond acceptors (Lipinski definition) is 3. The zero-order valence-electron chi connectivity index (χ0n) is 12.1. The van der Waals surface area contributed by atoms with Gasteiger partial charge in [-0.3, -0.25) is 11.3 Å². The zero-order chi connectivity index (χ0) is 13.7. The first-order valence-corrected chi connectivity index (χ1v) is 7.28. The van der Waals surface area contributed by atoms with Crippen LogP contribution in [0.15, 0.2) is 30.3 Å². The van der Waals surface area contributed by atoms with E-state index >= 15 is 0 Å². The fraction of sp³-hybridized carbons (Fsp3) is 0.625. The summed E-state index contributed by atoms with van der Waals surface area (Å²) in [7, 11) is 0. The summed E-state index contributed by atoms with van der Waals surface area (Å²) in [5.74, 6) is 6.51. The molecule has 1 unspecified atom stereocenters. The molecule has 1 fully saturated rings. The lowest BCUT2D eigenvalue weighted by molar-refractivity contribution is 0.0309. The molecule has 3 nitrogen and oxygen atoms in total. The highest BCUT2D eigenvalue weighted by atomic mass is 16.5. The lowest BCUT2D eigenvalue weighted by atomic mass is 9.67. The highest BCUT2D eigenvalue weighted by molar-refractivity contribution is 5.28. The van der Waals surface area contributed by atoms with Gasteiger partial charge in [-0.1, -0.05) is 44.2 Å². The number of nitrogens with two attached hydrogens (primary N) is 1. The Morgan fingerprint density at radius 2 is 1.84 bits per heavy atom.